The fraction of sp³-hybridized carbons (Fsp3) is 0.625. The maximum atomic E-state index is 13.8. The van der Waals surface area contributed by atoms with E-state index >= 15 is 0 Å². The molecule has 0 atom stereocenters. The van der Waals surface area contributed by atoms with Crippen molar-refractivity contribution in [2.24, 2.45) is 21.7 Å². The summed E-state index contributed by atoms with van der Waals surface area (Å²) < 4.78 is 58.9. The van der Waals surface area contributed by atoms with Gasteiger partial charge in [-0.1, -0.05) is 26.3 Å². The summed E-state index contributed by atoms with van der Waals surface area (Å²) in [5, 5.41) is 27.6. The molecule has 0 amide bonds. The van der Waals surface area contributed by atoms with Crippen LogP contribution in [0.25, 0.3) is 0 Å². The summed E-state index contributed by atoms with van der Waals surface area (Å²) in [6, 6.07) is 0. The lowest BCUT2D eigenvalue weighted by atomic mass is 9.90. The van der Waals surface area contributed by atoms with Crippen LogP contribution in [0, 0.1) is 21.7 Å². The van der Waals surface area contributed by atoms with Gasteiger partial charge in [0.05, 0.1) is 78.1 Å². The normalized spacial score (nSPS) is 11.6. The van der Waals surface area contributed by atoms with Crippen molar-refractivity contribution >= 4 is 41.8 Å². The molecule has 0 spiro atoms. The summed E-state index contributed by atoms with van der Waals surface area (Å²) in [4.78, 5) is 88.2. The van der Waals surface area contributed by atoms with Crippen LogP contribution >= 0.6 is 0 Å². The van der Waals surface area contributed by atoms with Crippen molar-refractivity contribution in [2.45, 2.75) is 20.8 Å². The van der Waals surface area contributed by atoms with Gasteiger partial charge in [0.2, 0.25) is 0 Å². The van der Waals surface area contributed by atoms with E-state index in [-0.39, 0.29) is 72.7 Å². The SMILES string of the molecule is C=CC(=O)OCC(C)(COC(=O)C=C)C(=O)OCC(C)(COC(=O)C(C)(COC(=O)C=C)COC(=O)C=C)C(=O)OCCOCC(COCCO)(COCCO)COCCO. The molecule has 0 aromatic heterocycles. The van der Waals surface area contributed by atoms with Gasteiger partial charge in [0.1, 0.15) is 62.5 Å². The molecule has 0 unspecified atom stereocenters. The summed E-state index contributed by atoms with van der Waals surface area (Å²) in [7, 11) is 0. The largest absolute Gasteiger partial charge is 0.464 e. The first-order chi connectivity index (χ1) is 28.9. The molecule has 61 heavy (non-hydrogen) atoms. The summed E-state index contributed by atoms with van der Waals surface area (Å²) in [6.07, 6.45) is 3.33. The third kappa shape index (κ3) is 21.9. The fourth-order valence-corrected chi connectivity index (χ4v) is 4.40. The van der Waals surface area contributed by atoms with Crippen LogP contribution < -0.4 is 0 Å². The minimum absolute atomic E-state index is 0.0225. The van der Waals surface area contributed by atoms with Crippen LogP contribution in [0.3, 0.4) is 0 Å². The van der Waals surface area contributed by atoms with Gasteiger partial charge in [-0.3, -0.25) is 14.4 Å². The second-order valence-electron chi connectivity index (χ2n) is 14.1. The van der Waals surface area contributed by atoms with Gasteiger partial charge >= 0.3 is 41.8 Å². The van der Waals surface area contributed by atoms with Gasteiger partial charge in [0.25, 0.3) is 0 Å². The first kappa shape index (κ1) is 56.0. The Balaban J connectivity index is 6.45. The van der Waals surface area contributed by atoms with Crippen LogP contribution in [0.5, 0.6) is 0 Å². The van der Waals surface area contributed by atoms with Crippen molar-refractivity contribution in [1.29, 1.82) is 0 Å². The topological polar surface area (TPSA) is 282 Å². The van der Waals surface area contributed by atoms with Crippen LogP contribution in [-0.2, 0) is 85.7 Å². The molecule has 0 aliphatic rings. The monoisotopic (exact) mass is 876 g/mol. The van der Waals surface area contributed by atoms with Crippen LogP contribution in [0.4, 0.5) is 0 Å². The number of carbonyl (C=O) groups is 7. The Morgan fingerprint density at radius 2 is 0.623 bits per heavy atom. The molecule has 3 N–H and O–H groups in total. The van der Waals surface area contributed by atoms with Crippen molar-refractivity contribution in [3.05, 3.63) is 50.6 Å². The zero-order valence-corrected chi connectivity index (χ0v) is 35.1. The van der Waals surface area contributed by atoms with Crippen LogP contribution in [0.1, 0.15) is 20.8 Å². The lowest BCUT2D eigenvalue weighted by Gasteiger charge is -2.33. The standard InChI is InChI=1S/C40H60O21/c1-8-30(44)56-20-37(5,21-57-31(45)9-2)35(49)60-24-39(7,25-61-36(50)38(6,22-58-32(46)10-3)23-59-33(47)11-4)34(48)55-19-18-54-29-40(26-51-15-12-41,27-52-16-13-42)28-53-17-14-43/h8-11,41-43H,1-4,12-29H2,5-7H3. The molecule has 0 bridgehead atoms. The predicted molar refractivity (Wildman–Crippen MR) is 209 cm³/mol. The van der Waals surface area contributed by atoms with Crippen molar-refractivity contribution in [3.8, 4) is 0 Å². The average molecular weight is 877 g/mol. The lowest BCUT2D eigenvalue weighted by Crippen LogP contribution is -2.47. The van der Waals surface area contributed by atoms with Gasteiger partial charge in [-0.2, -0.15) is 0 Å². The number of ether oxygens (including phenoxy) is 11. The predicted octanol–water partition coefficient (Wildman–Crippen LogP) is -0.419. The first-order valence-electron chi connectivity index (χ1n) is 18.7. The third-order valence-corrected chi connectivity index (χ3v) is 8.12. The molecule has 0 rings (SSSR count). The second-order valence-corrected chi connectivity index (χ2v) is 14.1. The van der Waals surface area contributed by atoms with E-state index in [9.17, 15) is 48.9 Å². The third-order valence-electron chi connectivity index (χ3n) is 8.12. The molecular weight excluding hydrogens is 816 g/mol. The highest BCUT2D eigenvalue weighted by Crippen LogP contribution is 2.28. The van der Waals surface area contributed by atoms with E-state index in [1.54, 1.807) is 0 Å². The summed E-state index contributed by atoms with van der Waals surface area (Å²) in [5.74, 6) is -6.99. The van der Waals surface area contributed by atoms with Crippen molar-refractivity contribution in [1.82, 2.24) is 0 Å². The number of rotatable bonds is 36. The molecular formula is C40H60O21. The van der Waals surface area contributed by atoms with Crippen LogP contribution in [0.2, 0.25) is 0 Å². The Morgan fingerprint density at radius 3 is 0.885 bits per heavy atom. The molecule has 0 aromatic carbocycles. The van der Waals surface area contributed by atoms with E-state index in [2.05, 4.69) is 26.3 Å². The van der Waals surface area contributed by atoms with Gasteiger partial charge in [-0.05, 0) is 20.8 Å². The second kappa shape index (κ2) is 30.1. The summed E-state index contributed by atoms with van der Waals surface area (Å²) >= 11 is 0. The van der Waals surface area contributed by atoms with Crippen molar-refractivity contribution < 1.29 is 101 Å². The number of aliphatic hydroxyl groups excluding tert-OH is 3. The Hall–Kier alpha value is -5.03. The van der Waals surface area contributed by atoms with E-state index in [1.165, 1.54) is 20.8 Å². The zero-order valence-electron chi connectivity index (χ0n) is 35.1. The smallest absolute Gasteiger partial charge is 0.330 e. The van der Waals surface area contributed by atoms with E-state index < -0.39 is 110 Å². The van der Waals surface area contributed by atoms with Crippen molar-refractivity contribution in [3.63, 3.8) is 0 Å². The molecule has 21 nitrogen and oxygen atoms in total. The highest BCUT2D eigenvalue weighted by Gasteiger charge is 2.45. The first-order valence-corrected chi connectivity index (χ1v) is 18.7. The number of hydrogen-bond donors (Lipinski definition) is 3. The minimum Gasteiger partial charge on any atom is -0.464 e. The average Bonchev–Trinajstić information content (AvgIpc) is 3.26. The van der Waals surface area contributed by atoms with E-state index in [0.29, 0.717) is 0 Å². The molecule has 0 fully saturated rings. The molecule has 0 aliphatic heterocycles. The number of carbonyl (C=O) groups excluding carboxylic acids is 7. The molecule has 0 aliphatic carbocycles. The molecule has 21 heteroatoms. The highest BCUT2D eigenvalue weighted by atomic mass is 16.6. The number of hydrogen-bond acceptors (Lipinski definition) is 21. The summed E-state index contributed by atoms with van der Waals surface area (Å²) in [5.41, 5.74) is -6.69. The molecule has 0 saturated heterocycles. The van der Waals surface area contributed by atoms with E-state index in [0.717, 1.165) is 24.3 Å². The number of esters is 7. The molecule has 0 radical (unpaired) electrons. The lowest BCUT2D eigenvalue weighted by molar-refractivity contribution is -0.182. The Morgan fingerprint density at radius 1 is 0.377 bits per heavy atom. The molecule has 0 saturated carbocycles. The minimum atomic E-state index is -2.00. The van der Waals surface area contributed by atoms with Crippen LogP contribution in [0.15, 0.2) is 50.6 Å². The van der Waals surface area contributed by atoms with Crippen LogP contribution in [-0.4, -0.2) is 176 Å². The highest BCUT2D eigenvalue weighted by molar-refractivity contribution is 5.85. The maximum absolute atomic E-state index is 13.8. The van der Waals surface area contributed by atoms with Gasteiger partial charge in [0, 0.05) is 24.3 Å². The quantitative estimate of drug-likeness (QED) is 0.0312. The molecule has 0 aromatic rings. The maximum Gasteiger partial charge on any atom is 0.330 e. The zero-order chi connectivity index (χ0) is 46.4. The van der Waals surface area contributed by atoms with Gasteiger partial charge in [-0.25, -0.2) is 19.2 Å². The molecule has 0 heterocycles. The van der Waals surface area contributed by atoms with Gasteiger partial charge in [-0.15, -0.1) is 0 Å². The van der Waals surface area contributed by atoms with Gasteiger partial charge < -0.3 is 67.4 Å². The Bertz CT molecular complexity index is 1310. The van der Waals surface area contributed by atoms with E-state index in [1.807, 2.05) is 0 Å². The molecule has 346 valence electrons. The van der Waals surface area contributed by atoms with Gasteiger partial charge in [0.15, 0.2) is 0 Å². The van der Waals surface area contributed by atoms with Crippen molar-refractivity contribution in [2.75, 3.05) is 119 Å². The Kier molecular flexibility index (Phi) is 27.6. The van der Waals surface area contributed by atoms with E-state index in [4.69, 9.17) is 52.1 Å². The Labute approximate surface area is 354 Å². The fourth-order valence-electron chi connectivity index (χ4n) is 4.40. The summed E-state index contributed by atoms with van der Waals surface area (Å²) in [6.45, 7) is 10.7. The number of aliphatic hydroxyl groups is 3.